The van der Waals surface area contributed by atoms with Crippen LogP contribution in [0.1, 0.15) is 5.56 Å². The number of carbonyl (C=O) groups is 2. The molecule has 1 saturated heterocycles. The van der Waals surface area contributed by atoms with Crippen molar-refractivity contribution in [2.45, 2.75) is 0 Å². The summed E-state index contributed by atoms with van der Waals surface area (Å²) in [4.78, 5) is 26.8. The third kappa shape index (κ3) is 2.41. The molecule has 0 bridgehead atoms. The predicted octanol–water partition coefficient (Wildman–Crippen LogP) is 1.59. The fraction of sp³-hybridized carbons (Fsp3) is 0. The van der Waals surface area contributed by atoms with Crippen LogP contribution in [-0.2, 0) is 4.79 Å². The van der Waals surface area contributed by atoms with Gasteiger partial charge in [0.1, 0.15) is 0 Å². The Labute approximate surface area is 112 Å². The summed E-state index contributed by atoms with van der Waals surface area (Å²) >= 11 is 0.886. The molecule has 94 valence electrons. The quantitative estimate of drug-likeness (QED) is 0.840. The molecule has 0 saturated carbocycles. The smallest absolute Gasteiger partial charge is 0.282 e. The van der Waals surface area contributed by atoms with E-state index >= 15 is 0 Å². The van der Waals surface area contributed by atoms with Crippen LogP contribution >= 0.6 is 11.8 Å². The van der Waals surface area contributed by atoms with Gasteiger partial charge in [0, 0.05) is 18.0 Å². The fourth-order valence-corrected chi connectivity index (χ4v) is 2.30. The van der Waals surface area contributed by atoms with Crippen LogP contribution in [0.3, 0.4) is 0 Å². The van der Waals surface area contributed by atoms with Crippen molar-refractivity contribution < 1.29 is 9.59 Å². The summed E-state index contributed by atoms with van der Waals surface area (Å²) in [5, 5.41) is 6.03. The molecule has 6 nitrogen and oxygen atoms in total. The van der Waals surface area contributed by atoms with Gasteiger partial charge >= 0.3 is 0 Å². The Bertz CT molecular complexity index is 678. The van der Waals surface area contributed by atoms with Gasteiger partial charge in [0.25, 0.3) is 11.1 Å². The van der Waals surface area contributed by atoms with Crippen molar-refractivity contribution in [2.75, 3.05) is 0 Å². The number of carbonyl (C=O) groups excluding carboxylic acids is 2. The summed E-state index contributed by atoms with van der Waals surface area (Å²) in [7, 11) is 0. The van der Waals surface area contributed by atoms with Crippen LogP contribution in [0.15, 0.2) is 41.8 Å². The average Bonchev–Trinajstić information content (AvgIpc) is 2.99. The number of thioether (sulfide) groups is 1. The van der Waals surface area contributed by atoms with Gasteiger partial charge in [-0.25, -0.2) is 4.68 Å². The van der Waals surface area contributed by atoms with E-state index in [-0.39, 0.29) is 11.1 Å². The molecule has 0 aliphatic carbocycles. The second kappa shape index (κ2) is 4.69. The van der Waals surface area contributed by atoms with E-state index < -0.39 is 0 Å². The lowest BCUT2D eigenvalue weighted by molar-refractivity contribution is -0.115. The topological polar surface area (TPSA) is 76.9 Å². The molecular formula is C12H8N4O2S. The zero-order valence-corrected chi connectivity index (χ0v) is 10.4. The molecule has 2 amide bonds. The number of nitrogens with zero attached hydrogens (tertiary/aromatic N) is 3. The van der Waals surface area contributed by atoms with Crippen LogP contribution in [0.4, 0.5) is 4.79 Å². The minimum atomic E-state index is -0.371. The number of nitrogens with one attached hydrogen (secondary N) is 1. The first-order valence-electron chi connectivity index (χ1n) is 5.42. The van der Waals surface area contributed by atoms with Gasteiger partial charge in [-0.3, -0.25) is 19.9 Å². The van der Waals surface area contributed by atoms with Crippen molar-refractivity contribution in [2.24, 2.45) is 0 Å². The van der Waals surface area contributed by atoms with E-state index in [0.717, 1.165) is 23.0 Å². The van der Waals surface area contributed by atoms with Crippen LogP contribution in [0, 0.1) is 0 Å². The first-order valence-corrected chi connectivity index (χ1v) is 6.24. The molecule has 0 aromatic carbocycles. The second-order valence-electron chi connectivity index (χ2n) is 3.78. The molecular weight excluding hydrogens is 264 g/mol. The Morgan fingerprint density at radius 3 is 2.89 bits per heavy atom. The van der Waals surface area contributed by atoms with Gasteiger partial charge in [-0.1, -0.05) is 0 Å². The first-order chi connectivity index (χ1) is 9.22. The summed E-state index contributed by atoms with van der Waals surface area (Å²) in [6, 6.07) is 3.69. The van der Waals surface area contributed by atoms with Crippen LogP contribution < -0.4 is 5.32 Å². The standard InChI is InChI=1S/C12H8N4O2S/c17-11-10(19-12(18)15-11)4-8-5-14-16(7-8)9-2-1-3-13-6-9/h1-7H,(H,15,17,18)/b10-4-. The molecule has 7 heteroatoms. The number of hydrogen-bond donors (Lipinski definition) is 1. The monoisotopic (exact) mass is 272 g/mol. The molecule has 2 aromatic rings. The highest BCUT2D eigenvalue weighted by Crippen LogP contribution is 2.25. The van der Waals surface area contributed by atoms with E-state index in [1.165, 1.54) is 0 Å². The second-order valence-corrected chi connectivity index (χ2v) is 4.80. The lowest BCUT2D eigenvalue weighted by Gasteiger charge is -1.97. The fourth-order valence-electron chi connectivity index (χ4n) is 1.61. The number of pyridine rings is 1. The number of imide groups is 1. The third-order valence-corrected chi connectivity index (χ3v) is 3.26. The molecule has 0 radical (unpaired) electrons. The van der Waals surface area contributed by atoms with Crippen molar-refractivity contribution in [3.8, 4) is 5.69 Å². The highest BCUT2D eigenvalue weighted by Gasteiger charge is 2.25. The minimum Gasteiger partial charge on any atom is -0.282 e. The number of rotatable bonds is 2. The molecule has 1 aliphatic heterocycles. The van der Waals surface area contributed by atoms with Gasteiger partial charge in [-0.15, -0.1) is 0 Å². The van der Waals surface area contributed by atoms with Crippen molar-refractivity contribution in [1.82, 2.24) is 20.1 Å². The van der Waals surface area contributed by atoms with E-state index in [4.69, 9.17) is 0 Å². The molecule has 0 atom stereocenters. The van der Waals surface area contributed by atoms with Gasteiger partial charge < -0.3 is 0 Å². The normalized spacial score (nSPS) is 16.9. The van der Waals surface area contributed by atoms with Crippen molar-refractivity contribution >= 4 is 29.0 Å². The van der Waals surface area contributed by atoms with E-state index in [0.29, 0.717) is 4.91 Å². The van der Waals surface area contributed by atoms with Gasteiger partial charge in [-0.2, -0.15) is 5.10 Å². The Morgan fingerprint density at radius 1 is 1.32 bits per heavy atom. The summed E-state index contributed by atoms with van der Waals surface area (Å²) in [5.41, 5.74) is 1.57. The SMILES string of the molecule is O=C1NC(=O)/C(=C/c2cnn(-c3cccnc3)c2)S1. The number of hydrogen-bond acceptors (Lipinski definition) is 5. The Hall–Kier alpha value is -2.41. The van der Waals surface area contributed by atoms with E-state index in [1.807, 2.05) is 12.1 Å². The van der Waals surface area contributed by atoms with Gasteiger partial charge in [0.2, 0.25) is 0 Å². The summed E-state index contributed by atoms with van der Waals surface area (Å²) < 4.78 is 1.65. The minimum absolute atomic E-state index is 0.351. The average molecular weight is 272 g/mol. The summed E-state index contributed by atoms with van der Waals surface area (Å²) in [6.07, 6.45) is 8.38. The Morgan fingerprint density at radius 2 is 2.21 bits per heavy atom. The first kappa shape index (κ1) is 11.7. The lowest BCUT2D eigenvalue weighted by Crippen LogP contribution is -2.17. The van der Waals surface area contributed by atoms with E-state index in [9.17, 15) is 9.59 Å². The van der Waals surface area contributed by atoms with Crippen LogP contribution in [-0.4, -0.2) is 25.9 Å². The van der Waals surface area contributed by atoms with E-state index in [2.05, 4.69) is 15.4 Å². The molecule has 3 rings (SSSR count). The van der Waals surface area contributed by atoms with Crippen molar-refractivity contribution in [3.63, 3.8) is 0 Å². The van der Waals surface area contributed by atoms with Crippen molar-refractivity contribution in [3.05, 3.63) is 47.4 Å². The molecule has 3 heterocycles. The third-order valence-electron chi connectivity index (χ3n) is 2.45. The van der Waals surface area contributed by atoms with Crippen LogP contribution in [0.2, 0.25) is 0 Å². The largest absolute Gasteiger partial charge is 0.290 e. The van der Waals surface area contributed by atoms with Crippen LogP contribution in [0.5, 0.6) is 0 Å². The molecule has 1 fully saturated rings. The summed E-state index contributed by atoms with van der Waals surface area (Å²) in [6.45, 7) is 0. The number of aromatic nitrogens is 3. The van der Waals surface area contributed by atoms with E-state index in [1.54, 1.807) is 35.5 Å². The Balaban J connectivity index is 1.89. The maximum atomic E-state index is 11.4. The molecule has 19 heavy (non-hydrogen) atoms. The van der Waals surface area contributed by atoms with Gasteiger partial charge in [-0.05, 0) is 30.0 Å². The highest BCUT2D eigenvalue weighted by molar-refractivity contribution is 8.18. The maximum Gasteiger partial charge on any atom is 0.290 e. The zero-order valence-electron chi connectivity index (χ0n) is 9.61. The van der Waals surface area contributed by atoms with Gasteiger partial charge in [0.05, 0.1) is 23.0 Å². The highest BCUT2D eigenvalue weighted by atomic mass is 32.2. The molecule has 0 spiro atoms. The zero-order chi connectivity index (χ0) is 13.2. The number of amides is 2. The van der Waals surface area contributed by atoms with Crippen LogP contribution in [0.25, 0.3) is 11.8 Å². The molecule has 1 N–H and O–H groups in total. The molecule has 0 unspecified atom stereocenters. The Kier molecular flexibility index (Phi) is 2.88. The lowest BCUT2D eigenvalue weighted by atomic mass is 10.3. The predicted molar refractivity (Wildman–Crippen MR) is 70.5 cm³/mol. The molecule has 2 aromatic heterocycles. The summed E-state index contributed by atoms with van der Waals surface area (Å²) in [5.74, 6) is -0.371. The molecule has 1 aliphatic rings. The van der Waals surface area contributed by atoms with Gasteiger partial charge in [0.15, 0.2) is 0 Å². The maximum absolute atomic E-state index is 11.4. The van der Waals surface area contributed by atoms with Crippen molar-refractivity contribution in [1.29, 1.82) is 0 Å².